The highest BCUT2D eigenvalue weighted by atomic mass is 127. The summed E-state index contributed by atoms with van der Waals surface area (Å²) in [6, 6.07) is 77.7. The van der Waals surface area contributed by atoms with Crippen molar-refractivity contribution in [2.24, 2.45) is 0 Å². The predicted octanol–water partition coefficient (Wildman–Crippen LogP) is 20.6. The van der Waals surface area contributed by atoms with Crippen molar-refractivity contribution in [2.45, 2.75) is 0 Å². The number of fused-ring (bicyclic) bond motifs is 16. The van der Waals surface area contributed by atoms with Gasteiger partial charge in [-0.3, -0.25) is 9.13 Å². The van der Waals surface area contributed by atoms with E-state index in [1.807, 2.05) is 125 Å². The Kier molecular flexibility index (Phi) is 13.8. The lowest BCUT2D eigenvalue weighted by Gasteiger charge is -2.10. The summed E-state index contributed by atoms with van der Waals surface area (Å²) in [5.74, 6) is 0. The van der Waals surface area contributed by atoms with E-state index >= 15 is 0 Å². The van der Waals surface area contributed by atoms with E-state index in [2.05, 4.69) is 175 Å². The summed E-state index contributed by atoms with van der Waals surface area (Å²) in [6.45, 7) is 0. The molecule has 77 heavy (non-hydrogen) atoms. The number of anilines is 3. The third kappa shape index (κ3) is 8.89. The molecular formula is C66H47ClI2N4O4. The van der Waals surface area contributed by atoms with Crippen molar-refractivity contribution in [1.82, 2.24) is 9.13 Å². The Morgan fingerprint density at radius 3 is 1.25 bits per heavy atom. The average Bonchev–Trinajstić information content (AvgIpc) is 4.50. The van der Waals surface area contributed by atoms with Crippen LogP contribution in [-0.2, 0) is 0 Å². The Morgan fingerprint density at radius 1 is 0.364 bits per heavy atom. The number of furan rings is 4. The van der Waals surface area contributed by atoms with Gasteiger partial charge in [-0.2, -0.15) is 0 Å². The van der Waals surface area contributed by atoms with Gasteiger partial charge >= 0.3 is 0 Å². The van der Waals surface area contributed by atoms with E-state index in [1.165, 1.54) is 10.8 Å². The van der Waals surface area contributed by atoms with Crippen LogP contribution < -0.4 is 11.1 Å². The lowest BCUT2D eigenvalue weighted by atomic mass is 10.1. The van der Waals surface area contributed by atoms with Gasteiger partial charge in [0.25, 0.3) is 0 Å². The smallest absolute Gasteiger partial charge is 0.213 e. The molecule has 0 unspecified atom stereocenters. The maximum absolute atomic E-state index is 6.36. The lowest BCUT2D eigenvalue weighted by Crippen LogP contribution is -1.95. The fourth-order valence-corrected chi connectivity index (χ4v) is 10.6. The molecule has 0 aliphatic carbocycles. The highest BCUT2D eigenvalue weighted by molar-refractivity contribution is 14.1. The molecular weight excluding hydrogens is 1200 g/mol. The van der Waals surface area contributed by atoms with Crippen LogP contribution in [-0.4, -0.2) is 19.0 Å². The van der Waals surface area contributed by atoms with Crippen LogP contribution in [0.5, 0.6) is 0 Å². The summed E-state index contributed by atoms with van der Waals surface area (Å²) in [7, 11) is 0. The molecule has 0 atom stereocenters. The Bertz CT molecular complexity index is 4760. The second-order valence-electron chi connectivity index (χ2n) is 18.0. The van der Waals surface area contributed by atoms with Crippen LogP contribution in [0.1, 0.15) is 0 Å². The van der Waals surface area contributed by atoms with Crippen molar-refractivity contribution in [2.75, 3.05) is 20.9 Å². The number of nitrogens with zero attached hydrogens (tertiary/aromatic N) is 2. The fraction of sp³-hybridized carbons (Fsp3) is 0.0303. The van der Waals surface area contributed by atoms with Crippen molar-refractivity contribution < 1.29 is 17.7 Å². The number of benzene rings is 10. The first-order chi connectivity index (χ1) is 38.0. The molecule has 0 fully saturated rings. The number of nitrogens with two attached hydrogens (primary N) is 1. The quantitative estimate of drug-likeness (QED) is 0.103. The number of hydrogen-bond donors (Lipinski definition) is 2. The molecule has 3 N–H and O–H groups in total. The first-order valence-corrected chi connectivity index (χ1v) is 29.5. The van der Waals surface area contributed by atoms with Crippen molar-refractivity contribution in [3.8, 4) is 11.4 Å². The van der Waals surface area contributed by atoms with Crippen molar-refractivity contribution in [3.63, 3.8) is 0 Å². The van der Waals surface area contributed by atoms with E-state index in [9.17, 15) is 0 Å². The van der Waals surface area contributed by atoms with Gasteiger partial charge in [-0.05, 0) is 107 Å². The highest BCUT2D eigenvalue weighted by Crippen LogP contribution is 2.41. The normalized spacial score (nSPS) is 11.2. The van der Waals surface area contributed by atoms with Gasteiger partial charge in [0.2, 0.25) is 11.4 Å². The second-order valence-corrected chi connectivity index (χ2v) is 18.4. The Balaban J connectivity index is 0.000000124. The van der Waals surface area contributed by atoms with E-state index in [0.717, 1.165) is 127 Å². The number of rotatable bonds is 4. The number of nitrogens with one attached hydrogen (secondary N) is 1. The first-order valence-electron chi connectivity index (χ1n) is 24.8. The molecule has 0 radical (unpaired) electrons. The van der Waals surface area contributed by atoms with E-state index in [1.54, 1.807) is 0 Å². The van der Waals surface area contributed by atoms with Gasteiger partial charge < -0.3 is 28.7 Å². The third-order valence-corrected chi connectivity index (χ3v) is 14.0. The summed E-state index contributed by atoms with van der Waals surface area (Å²) in [4.78, 5) is 3.94. The summed E-state index contributed by atoms with van der Waals surface area (Å²) < 4.78 is 28.7. The van der Waals surface area contributed by atoms with Crippen LogP contribution in [0.25, 0.3) is 121 Å². The zero-order chi connectivity index (χ0) is 52.6. The molecule has 0 bridgehead atoms. The van der Waals surface area contributed by atoms with Crippen LogP contribution in [0.3, 0.4) is 0 Å². The van der Waals surface area contributed by atoms with E-state index in [-0.39, 0.29) is 0 Å². The average molecular weight is 1250 g/mol. The van der Waals surface area contributed by atoms with Gasteiger partial charge in [0.1, 0.15) is 22.3 Å². The van der Waals surface area contributed by atoms with Crippen molar-refractivity contribution >= 4 is 184 Å². The predicted molar refractivity (Wildman–Crippen MR) is 341 cm³/mol. The van der Waals surface area contributed by atoms with Crippen LogP contribution >= 0.6 is 56.8 Å². The van der Waals surface area contributed by atoms with Gasteiger partial charge in [-0.15, -0.1) is 0 Å². The Morgan fingerprint density at radius 2 is 0.740 bits per heavy atom. The minimum Gasteiger partial charge on any atom is -0.454 e. The fourth-order valence-electron chi connectivity index (χ4n) is 10.4. The molecule has 16 aromatic rings. The molecule has 6 heterocycles. The highest BCUT2D eigenvalue weighted by Gasteiger charge is 2.21. The molecule has 10 aromatic carbocycles. The molecule has 0 spiro atoms. The number of para-hydroxylation sites is 8. The second kappa shape index (κ2) is 21.5. The Labute approximate surface area is 474 Å². The van der Waals surface area contributed by atoms with E-state index in [0.29, 0.717) is 5.69 Å². The SMILES string of the molecule is CI.CI.Clc1ccc(-n2c3ccccc3c3c4ccccc4oc32)cc1.Nc1cccc2c1oc1ccccc12.c1ccc2c(c1)oc1c(Nc3ccc(-n4c5ccccc5c5c6ccccc6oc54)cc3)cccc12. The van der Waals surface area contributed by atoms with Crippen LogP contribution in [0.15, 0.2) is 248 Å². The van der Waals surface area contributed by atoms with E-state index < -0.39 is 0 Å². The molecule has 0 amide bonds. The molecule has 0 saturated carbocycles. The monoisotopic (exact) mass is 1250 g/mol. The summed E-state index contributed by atoms with van der Waals surface area (Å²) in [5.41, 5.74) is 19.8. The number of alkyl halides is 2. The zero-order valence-corrected chi connectivity index (χ0v) is 46.7. The van der Waals surface area contributed by atoms with Gasteiger partial charge in [-0.25, -0.2) is 0 Å². The van der Waals surface area contributed by atoms with Crippen LogP contribution in [0.4, 0.5) is 17.1 Å². The summed E-state index contributed by atoms with van der Waals surface area (Å²) in [6.07, 6.45) is 0. The molecule has 376 valence electrons. The van der Waals surface area contributed by atoms with Gasteiger partial charge in [0.15, 0.2) is 11.2 Å². The van der Waals surface area contributed by atoms with E-state index in [4.69, 9.17) is 35.0 Å². The molecule has 6 aromatic heterocycles. The summed E-state index contributed by atoms with van der Waals surface area (Å²) in [5, 5.41) is 15.7. The lowest BCUT2D eigenvalue weighted by molar-refractivity contribution is 0.645. The number of halogens is 3. The maximum atomic E-state index is 6.36. The third-order valence-electron chi connectivity index (χ3n) is 13.7. The summed E-state index contributed by atoms with van der Waals surface area (Å²) >= 11 is 10.3. The topological polar surface area (TPSA) is 100 Å². The zero-order valence-electron chi connectivity index (χ0n) is 41.7. The minimum atomic E-state index is 0.693. The first kappa shape index (κ1) is 49.7. The molecule has 16 rings (SSSR count). The van der Waals surface area contributed by atoms with Crippen LogP contribution in [0, 0.1) is 0 Å². The van der Waals surface area contributed by atoms with Gasteiger partial charge in [0, 0.05) is 65.2 Å². The van der Waals surface area contributed by atoms with Gasteiger partial charge in [0.05, 0.1) is 33.2 Å². The number of aromatic nitrogens is 2. The minimum absolute atomic E-state index is 0.693. The van der Waals surface area contributed by atoms with Gasteiger partial charge in [-0.1, -0.05) is 190 Å². The molecule has 0 aliphatic heterocycles. The van der Waals surface area contributed by atoms with Crippen LogP contribution in [0.2, 0.25) is 5.02 Å². The molecule has 0 aliphatic rings. The van der Waals surface area contributed by atoms with Crippen molar-refractivity contribution in [1.29, 1.82) is 0 Å². The number of nitrogen functional groups attached to an aromatic ring is 1. The maximum Gasteiger partial charge on any atom is 0.213 e. The van der Waals surface area contributed by atoms with Crippen molar-refractivity contribution in [3.05, 3.63) is 236 Å². The Hall–Kier alpha value is -8.17. The molecule has 0 saturated heterocycles. The molecule has 8 nitrogen and oxygen atoms in total. The largest absolute Gasteiger partial charge is 0.454 e. The standard InChI is InChI=1S/C32H20N2O2.C20H12ClNO.C12H9NO.2CH3I/c1-4-13-27-24(9-1)30-25-10-3-6-15-29(25)36-32(30)34(27)21-18-16-20(17-19-21)33-26-12-7-11-23-22-8-2-5-14-28(22)35-31(23)26;21-13-9-11-14(12-10-13)22-17-7-3-1-5-15(17)19-16-6-2-4-8-18(16)23-20(19)22;13-10-6-3-5-9-8-4-1-2-7-11(8)14-12(9)10;2*1-2/h1-19,33H;1-12H;1-7H,13H2;2*1H3. The molecule has 11 heteroatoms. The number of hydrogen-bond acceptors (Lipinski definition) is 6.